The van der Waals surface area contributed by atoms with Crippen molar-refractivity contribution in [2.24, 2.45) is 29.6 Å². The van der Waals surface area contributed by atoms with Crippen LogP contribution in [0, 0.1) is 29.6 Å². The average molecular weight is 407 g/mol. The van der Waals surface area contributed by atoms with Crippen LogP contribution < -0.4 is 0 Å². The highest BCUT2D eigenvalue weighted by Crippen LogP contribution is 2.48. The summed E-state index contributed by atoms with van der Waals surface area (Å²) in [5, 5.41) is 0. The van der Waals surface area contributed by atoms with Gasteiger partial charge >= 0.3 is 0 Å². The summed E-state index contributed by atoms with van der Waals surface area (Å²) in [6, 6.07) is 7.54. The number of rotatable bonds is 8. The molecule has 1 aromatic carbocycles. The van der Waals surface area contributed by atoms with E-state index in [2.05, 4.69) is 44.2 Å². The van der Waals surface area contributed by atoms with E-state index in [9.17, 15) is 0 Å². The summed E-state index contributed by atoms with van der Waals surface area (Å²) < 4.78 is 0. The maximum Gasteiger partial charge on any atom is -0.0231 e. The summed E-state index contributed by atoms with van der Waals surface area (Å²) in [5.74, 6) is 4.94. The van der Waals surface area contributed by atoms with Crippen molar-refractivity contribution in [2.45, 2.75) is 110 Å². The minimum Gasteiger partial charge on any atom is -0.0914 e. The topological polar surface area (TPSA) is 0 Å². The van der Waals surface area contributed by atoms with Crippen LogP contribution >= 0.6 is 0 Å². The highest BCUT2D eigenvalue weighted by atomic mass is 14.4. The molecule has 1 aromatic rings. The molecule has 0 radical (unpaired) electrons. The molecule has 0 heteroatoms. The molecule has 0 nitrogen and oxygen atoms in total. The fourth-order valence-corrected chi connectivity index (χ4v) is 7.16. The van der Waals surface area contributed by atoms with Gasteiger partial charge in [0, 0.05) is 0 Å². The largest absolute Gasteiger partial charge is 0.0914 e. The van der Waals surface area contributed by atoms with E-state index in [0.717, 1.165) is 29.6 Å². The number of aryl methyl sites for hydroxylation is 2. The molecule has 3 aliphatic rings. The Morgan fingerprint density at radius 2 is 1.57 bits per heavy atom. The molecule has 5 atom stereocenters. The minimum atomic E-state index is 0.884. The lowest BCUT2D eigenvalue weighted by Gasteiger charge is -2.44. The molecule has 30 heavy (non-hydrogen) atoms. The fraction of sp³-hybridized carbons (Fsp3) is 0.733. The molecule has 2 saturated carbocycles. The fourth-order valence-electron chi connectivity index (χ4n) is 7.16. The van der Waals surface area contributed by atoms with Gasteiger partial charge in [0.05, 0.1) is 0 Å². The molecule has 0 saturated heterocycles. The summed E-state index contributed by atoms with van der Waals surface area (Å²) in [6.07, 6.45) is 26.2. The Bertz CT molecular complexity index is 683. The van der Waals surface area contributed by atoms with E-state index in [4.69, 9.17) is 0 Å². The van der Waals surface area contributed by atoms with Crippen molar-refractivity contribution in [2.75, 3.05) is 0 Å². The lowest BCUT2D eigenvalue weighted by atomic mass is 9.61. The molecule has 0 amide bonds. The molecule has 166 valence electrons. The SMILES string of the molecule is CC=CC1CCC2CC(C3CCc4cc(CCCCCCC)ccc4C3)CCC2C1. The van der Waals surface area contributed by atoms with Crippen LogP contribution in [0.5, 0.6) is 0 Å². The van der Waals surface area contributed by atoms with Crippen LogP contribution in [0.3, 0.4) is 0 Å². The van der Waals surface area contributed by atoms with Crippen LogP contribution in [-0.2, 0) is 19.3 Å². The number of fused-ring (bicyclic) bond motifs is 2. The van der Waals surface area contributed by atoms with Gasteiger partial charge in [-0.05, 0) is 124 Å². The number of hydrogen-bond acceptors (Lipinski definition) is 0. The standard InChI is InChI=1S/C30H46/c1-3-5-6-7-8-10-24-12-14-28-22-30(18-16-26(28)20-24)29-17-15-25-19-23(9-4-2)11-13-27(25)21-29/h4,9,12,14,20,23,25,27,29-30H,3,5-8,10-11,13,15-19,21-22H2,1-2H3. The predicted molar refractivity (Wildman–Crippen MR) is 131 cm³/mol. The summed E-state index contributed by atoms with van der Waals surface area (Å²) >= 11 is 0. The van der Waals surface area contributed by atoms with Crippen LogP contribution in [0.4, 0.5) is 0 Å². The zero-order valence-electron chi connectivity index (χ0n) is 19.9. The van der Waals surface area contributed by atoms with Gasteiger partial charge in [-0.2, -0.15) is 0 Å². The zero-order chi connectivity index (χ0) is 20.8. The Hall–Kier alpha value is -1.04. The molecule has 0 N–H and O–H groups in total. The molecule has 4 rings (SSSR count). The molecule has 0 spiro atoms. The minimum absolute atomic E-state index is 0.884. The first-order valence-electron chi connectivity index (χ1n) is 13.5. The van der Waals surface area contributed by atoms with Gasteiger partial charge < -0.3 is 0 Å². The first-order valence-corrected chi connectivity index (χ1v) is 13.5. The molecule has 0 aliphatic heterocycles. The first kappa shape index (κ1) is 22.2. The summed E-state index contributed by atoms with van der Waals surface area (Å²) in [4.78, 5) is 0. The van der Waals surface area contributed by atoms with Crippen LogP contribution in [0.15, 0.2) is 30.4 Å². The van der Waals surface area contributed by atoms with E-state index in [-0.39, 0.29) is 0 Å². The Morgan fingerprint density at radius 3 is 2.40 bits per heavy atom. The maximum atomic E-state index is 2.57. The van der Waals surface area contributed by atoms with E-state index in [0.29, 0.717) is 0 Å². The van der Waals surface area contributed by atoms with Crippen molar-refractivity contribution in [3.8, 4) is 0 Å². The van der Waals surface area contributed by atoms with Crippen LogP contribution in [0.2, 0.25) is 0 Å². The van der Waals surface area contributed by atoms with Crippen molar-refractivity contribution in [1.29, 1.82) is 0 Å². The molecule has 0 bridgehead atoms. The summed E-state index contributed by atoms with van der Waals surface area (Å²) in [5.41, 5.74) is 4.99. The van der Waals surface area contributed by atoms with E-state index >= 15 is 0 Å². The molecule has 0 aromatic heterocycles. The van der Waals surface area contributed by atoms with Crippen molar-refractivity contribution >= 4 is 0 Å². The second kappa shape index (κ2) is 11.0. The second-order valence-corrected chi connectivity index (χ2v) is 11.0. The Labute approximate surface area is 186 Å². The van der Waals surface area contributed by atoms with E-state index in [1.165, 1.54) is 89.9 Å². The van der Waals surface area contributed by atoms with Crippen LogP contribution in [-0.4, -0.2) is 0 Å². The number of hydrogen-bond donors (Lipinski definition) is 0. The maximum absolute atomic E-state index is 2.57. The van der Waals surface area contributed by atoms with Gasteiger partial charge in [0.2, 0.25) is 0 Å². The van der Waals surface area contributed by atoms with Crippen molar-refractivity contribution in [3.63, 3.8) is 0 Å². The smallest absolute Gasteiger partial charge is 0.0231 e. The average Bonchev–Trinajstić information content (AvgIpc) is 2.78. The lowest BCUT2D eigenvalue weighted by Crippen LogP contribution is -2.34. The third-order valence-electron chi connectivity index (χ3n) is 8.93. The Balaban J connectivity index is 1.27. The number of benzene rings is 1. The third-order valence-corrected chi connectivity index (χ3v) is 8.93. The van der Waals surface area contributed by atoms with Gasteiger partial charge in [-0.1, -0.05) is 63.0 Å². The third kappa shape index (κ3) is 5.60. The van der Waals surface area contributed by atoms with Crippen molar-refractivity contribution in [3.05, 3.63) is 47.0 Å². The van der Waals surface area contributed by atoms with Gasteiger partial charge in [-0.15, -0.1) is 0 Å². The monoisotopic (exact) mass is 406 g/mol. The normalized spacial score (nSPS) is 31.5. The Kier molecular flexibility index (Phi) is 8.14. The number of allylic oxidation sites excluding steroid dienone is 2. The molecule has 2 fully saturated rings. The second-order valence-electron chi connectivity index (χ2n) is 11.0. The molecule has 0 heterocycles. The number of unbranched alkanes of at least 4 members (excludes halogenated alkanes) is 4. The van der Waals surface area contributed by atoms with Gasteiger partial charge in [0.15, 0.2) is 0 Å². The summed E-state index contributed by atoms with van der Waals surface area (Å²) in [6.45, 7) is 4.50. The van der Waals surface area contributed by atoms with Crippen LogP contribution in [0.25, 0.3) is 0 Å². The molecule has 3 aliphatic carbocycles. The van der Waals surface area contributed by atoms with E-state index in [1.54, 1.807) is 23.1 Å². The van der Waals surface area contributed by atoms with E-state index < -0.39 is 0 Å². The van der Waals surface area contributed by atoms with Gasteiger partial charge in [-0.25, -0.2) is 0 Å². The zero-order valence-corrected chi connectivity index (χ0v) is 19.9. The van der Waals surface area contributed by atoms with Gasteiger partial charge in [-0.3, -0.25) is 0 Å². The highest BCUT2D eigenvalue weighted by molar-refractivity contribution is 5.34. The highest BCUT2D eigenvalue weighted by Gasteiger charge is 2.38. The van der Waals surface area contributed by atoms with Crippen molar-refractivity contribution in [1.82, 2.24) is 0 Å². The van der Waals surface area contributed by atoms with Crippen molar-refractivity contribution < 1.29 is 0 Å². The molecular weight excluding hydrogens is 360 g/mol. The first-order chi connectivity index (χ1) is 14.8. The van der Waals surface area contributed by atoms with Crippen LogP contribution in [0.1, 0.15) is 108 Å². The van der Waals surface area contributed by atoms with Gasteiger partial charge in [0.25, 0.3) is 0 Å². The molecular formula is C30H46. The molecule has 5 unspecified atom stereocenters. The van der Waals surface area contributed by atoms with Gasteiger partial charge in [0.1, 0.15) is 0 Å². The summed E-state index contributed by atoms with van der Waals surface area (Å²) in [7, 11) is 0. The predicted octanol–water partition coefficient (Wildman–Crippen LogP) is 8.71. The quantitative estimate of drug-likeness (QED) is 0.299. The lowest BCUT2D eigenvalue weighted by molar-refractivity contribution is 0.0810. The van der Waals surface area contributed by atoms with E-state index in [1.807, 2.05) is 0 Å². The Morgan fingerprint density at radius 1 is 0.800 bits per heavy atom.